The van der Waals surface area contributed by atoms with Gasteiger partial charge in [-0.15, -0.1) is 0 Å². The van der Waals surface area contributed by atoms with E-state index in [0.717, 1.165) is 12.8 Å². The minimum absolute atomic E-state index is 0.0446. The van der Waals surface area contributed by atoms with E-state index < -0.39 is 6.04 Å². The van der Waals surface area contributed by atoms with Crippen molar-refractivity contribution in [1.29, 1.82) is 0 Å². The van der Waals surface area contributed by atoms with E-state index in [2.05, 4.69) is 10.3 Å². The van der Waals surface area contributed by atoms with Gasteiger partial charge in [-0.1, -0.05) is 39.3 Å². The highest BCUT2D eigenvalue weighted by Gasteiger charge is 2.30. The lowest BCUT2D eigenvalue weighted by Gasteiger charge is -2.31. The maximum absolute atomic E-state index is 13.4. The summed E-state index contributed by atoms with van der Waals surface area (Å²) in [7, 11) is 0. The first kappa shape index (κ1) is 23.2. The lowest BCUT2D eigenvalue weighted by molar-refractivity contribution is -0.134. The Hall–Kier alpha value is -3.09. The summed E-state index contributed by atoms with van der Waals surface area (Å²) in [6, 6.07) is 7.37. The molecule has 0 bridgehead atoms. The van der Waals surface area contributed by atoms with Crippen LogP contribution in [0.1, 0.15) is 49.5 Å². The van der Waals surface area contributed by atoms with Crippen molar-refractivity contribution in [1.82, 2.24) is 15.2 Å². The Bertz CT molecular complexity index is 842. The molecule has 0 radical (unpaired) electrons. The Balaban J connectivity index is 2.16. The largest absolute Gasteiger partial charge is 0.504 e. The average Bonchev–Trinajstić information content (AvgIpc) is 2.77. The quantitative estimate of drug-likeness (QED) is 0.519. The number of phenolic OH excluding ortho intramolecular Hbond substituents is 2. The summed E-state index contributed by atoms with van der Waals surface area (Å²) in [5.41, 5.74) is 1.03. The highest BCUT2D eigenvalue weighted by Crippen LogP contribution is 2.28. The topological polar surface area (TPSA) is 103 Å². The van der Waals surface area contributed by atoms with Crippen molar-refractivity contribution >= 4 is 11.8 Å². The van der Waals surface area contributed by atoms with Gasteiger partial charge in [-0.2, -0.15) is 0 Å². The number of nitrogens with one attached hydrogen (secondary N) is 1. The first-order valence-corrected chi connectivity index (χ1v) is 10.4. The maximum atomic E-state index is 13.4. The molecule has 7 nitrogen and oxygen atoms in total. The van der Waals surface area contributed by atoms with E-state index in [0.29, 0.717) is 30.6 Å². The second-order valence-electron chi connectivity index (χ2n) is 7.43. The number of amides is 2. The van der Waals surface area contributed by atoms with Crippen LogP contribution in [0.5, 0.6) is 11.5 Å². The molecule has 0 aliphatic rings. The SMILES string of the molecule is CCCN(CCc1cccc(O)c1O)C(=O)[C@@H](NC(=O)c1ccncc1)[C@@H](C)CC. The van der Waals surface area contributed by atoms with Crippen LogP contribution in [0, 0.1) is 5.92 Å². The number of nitrogens with zero attached hydrogens (tertiary/aromatic N) is 2. The molecule has 0 spiro atoms. The number of para-hydroxylation sites is 1. The number of carbonyl (C=O) groups excluding carboxylic acids is 2. The summed E-state index contributed by atoms with van der Waals surface area (Å²) in [5, 5.41) is 22.6. The van der Waals surface area contributed by atoms with Crippen molar-refractivity contribution in [2.45, 2.75) is 46.1 Å². The number of aromatic nitrogens is 1. The molecule has 0 fully saturated rings. The minimum Gasteiger partial charge on any atom is -0.504 e. The molecule has 2 atom stereocenters. The van der Waals surface area contributed by atoms with Gasteiger partial charge in [0.15, 0.2) is 11.5 Å². The fourth-order valence-electron chi connectivity index (χ4n) is 3.24. The van der Waals surface area contributed by atoms with E-state index in [-0.39, 0.29) is 29.2 Å². The second-order valence-corrected chi connectivity index (χ2v) is 7.43. The van der Waals surface area contributed by atoms with Crippen molar-refractivity contribution in [3.05, 3.63) is 53.9 Å². The van der Waals surface area contributed by atoms with Gasteiger partial charge in [0.1, 0.15) is 6.04 Å². The molecule has 0 saturated carbocycles. The molecule has 2 aromatic rings. The lowest BCUT2D eigenvalue weighted by atomic mass is 9.97. The number of aromatic hydroxyl groups is 2. The summed E-state index contributed by atoms with van der Waals surface area (Å²) in [6.45, 7) is 6.83. The minimum atomic E-state index is -0.653. The Morgan fingerprint density at radius 1 is 1.10 bits per heavy atom. The van der Waals surface area contributed by atoms with Crippen molar-refractivity contribution in [3.63, 3.8) is 0 Å². The van der Waals surface area contributed by atoms with Gasteiger partial charge in [-0.3, -0.25) is 14.6 Å². The third-order valence-electron chi connectivity index (χ3n) is 5.26. The summed E-state index contributed by atoms with van der Waals surface area (Å²) in [5.74, 6) is -0.836. The van der Waals surface area contributed by atoms with Crippen LogP contribution in [0.15, 0.2) is 42.7 Å². The zero-order valence-electron chi connectivity index (χ0n) is 17.8. The highest BCUT2D eigenvalue weighted by atomic mass is 16.3. The van der Waals surface area contributed by atoms with Crippen molar-refractivity contribution in [2.24, 2.45) is 5.92 Å². The van der Waals surface area contributed by atoms with Crippen LogP contribution in [0.3, 0.4) is 0 Å². The molecule has 0 saturated heterocycles. The Kier molecular flexibility index (Phi) is 8.65. The molecule has 2 amide bonds. The lowest BCUT2D eigenvalue weighted by Crippen LogP contribution is -2.52. The predicted molar refractivity (Wildman–Crippen MR) is 115 cm³/mol. The van der Waals surface area contributed by atoms with Crippen molar-refractivity contribution in [3.8, 4) is 11.5 Å². The number of hydrogen-bond acceptors (Lipinski definition) is 5. The van der Waals surface area contributed by atoms with Gasteiger partial charge in [0.25, 0.3) is 5.91 Å². The number of hydrogen-bond donors (Lipinski definition) is 3. The van der Waals surface area contributed by atoms with Gasteiger partial charge >= 0.3 is 0 Å². The van der Waals surface area contributed by atoms with E-state index in [4.69, 9.17) is 0 Å². The third kappa shape index (κ3) is 5.95. The summed E-state index contributed by atoms with van der Waals surface area (Å²) < 4.78 is 0. The number of rotatable bonds is 10. The molecule has 2 rings (SSSR count). The first-order valence-electron chi connectivity index (χ1n) is 10.4. The number of carbonyl (C=O) groups is 2. The van der Waals surface area contributed by atoms with Crippen LogP contribution in [0.2, 0.25) is 0 Å². The highest BCUT2D eigenvalue weighted by molar-refractivity contribution is 5.97. The van der Waals surface area contributed by atoms with Gasteiger partial charge in [-0.05, 0) is 42.5 Å². The van der Waals surface area contributed by atoms with Crippen molar-refractivity contribution < 1.29 is 19.8 Å². The van der Waals surface area contributed by atoms with Gasteiger partial charge in [-0.25, -0.2) is 0 Å². The molecule has 30 heavy (non-hydrogen) atoms. The predicted octanol–water partition coefficient (Wildman–Crippen LogP) is 3.12. The van der Waals surface area contributed by atoms with Crippen LogP contribution >= 0.6 is 0 Å². The fraction of sp³-hybridized carbons (Fsp3) is 0.435. The molecule has 1 aromatic heterocycles. The number of pyridine rings is 1. The van der Waals surface area contributed by atoms with Crippen molar-refractivity contribution in [2.75, 3.05) is 13.1 Å². The number of benzene rings is 1. The second kappa shape index (κ2) is 11.2. The first-order chi connectivity index (χ1) is 14.4. The monoisotopic (exact) mass is 413 g/mol. The van der Waals surface area contributed by atoms with Crippen LogP contribution in [-0.4, -0.2) is 51.0 Å². The van der Waals surface area contributed by atoms with Gasteiger partial charge in [0, 0.05) is 31.0 Å². The zero-order valence-corrected chi connectivity index (χ0v) is 17.8. The Labute approximate surface area is 177 Å². The molecular formula is C23H31N3O4. The van der Waals surface area contributed by atoms with Crippen LogP contribution < -0.4 is 5.32 Å². The maximum Gasteiger partial charge on any atom is 0.252 e. The normalized spacial score (nSPS) is 12.8. The van der Waals surface area contributed by atoms with E-state index in [9.17, 15) is 19.8 Å². The smallest absolute Gasteiger partial charge is 0.252 e. The van der Waals surface area contributed by atoms with Gasteiger partial charge in [0.2, 0.25) is 5.91 Å². The zero-order chi connectivity index (χ0) is 22.1. The molecule has 0 unspecified atom stereocenters. The van der Waals surface area contributed by atoms with E-state index in [1.807, 2.05) is 20.8 Å². The van der Waals surface area contributed by atoms with Gasteiger partial charge in [0.05, 0.1) is 0 Å². The van der Waals surface area contributed by atoms with Crippen LogP contribution in [0.4, 0.5) is 0 Å². The van der Waals surface area contributed by atoms with E-state index >= 15 is 0 Å². The average molecular weight is 414 g/mol. The third-order valence-corrected chi connectivity index (χ3v) is 5.26. The molecule has 7 heteroatoms. The molecule has 1 heterocycles. The van der Waals surface area contributed by atoms with Crippen LogP contribution in [0.25, 0.3) is 0 Å². The summed E-state index contributed by atoms with van der Waals surface area (Å²) in [4.78, 5) is 31.6. The summed E-state index contributed by atoms with van der Waals surface area (Å²) >= 11 is 0. The Morgan fingerprint density at radius 2 is 1.80 bits per heavy atom. The molecule has 3 N–H and O–H groups in total. The molecule has 0 aliphatic heterocycles. The molecular weight excluding hydrogens is 382 g/mol. The van der Waals surface area contributed by atoms with Gasteiger partial charge < -0.3 is 20.4 Å². The van der Waals surface area contributed by atoms with E-state index in [1.54, 1.807) is 41.6 Å². The standard InChI is InChI=1S/C23H31N3O4/c1-4-14-26(15-11-17-7-6-8-19(27)21(17)28)23(30)20(16(3)5-2)25-22(29)18-9-12-24-13-10-18/h6-10,12-13,16,20,27-28H,4-5,11,14-15H2,1-3H3,(H,25,29)/t16-,20-/m0/s1. The van der Waals surface area contributed by atoms with Crippen LogP contribution in [-0.2, 0) is 11.2 Å². The van der Waals surface area contributed by atoms with E-state index in [1.165, 1.54) is 6.07 Å². The number of phenols is 2. The summed E-state index contributed by atoms with van der Waals surface area (Å²) in [6.07, 6.45) is 4.99. The fourth-order valence-corrected chi connectivity index (χ4v) is 3.24. The Morgan fingerprint density at radius 3 is 2.43 bits per heavy atom. The molecule has 0 aliphatic carbocycles. The molecule has 162 valence electrons. The molecule has 1 aromatic carbocycles.